The molecule has 0 aliphatic carbocycles. The Hall–Kier alpha value is -2.48. The van der Waals surface area contributed by atoms with Crippen LogP contribution < -0.4 is 4.90 Å². The van der Waals surface area contributed by atoms with E-state index in [9.17, 15) is 4.79 Å². The average molecular weight is 373 g/mol. The van der Waals surface area contributed by atoms with Gasteiger partial charge in [-0.15, -0.1) is 0 Å². The van der Waals surface area contributed by atoms with Crippen LogP contribution in [0.4, 0.5) is 5.95 Å². The molecular weight excluding hydrogens is 346 g/mol. The highest BCUT2D eigenvalue weighted by molar-refractivity contribution is 5.76. The maximum absolute atomic E-state index is 12.6. The molecule has 2 aromatic heterocycles. The van der Waals surface area contributed by atoms with Gasteiger partial charge in [0.25, 0.3) is 0 Å². The number of rotatable bonds is 7. The van der Waals surface area contributed by atoms with E-state index in [-0.39, 0.29) is 12.0 Å². The number of anilines is 1. The molecule has 27 heavy (non-hydrogen) atoms. The molecule has 1 aliphatic rings. The lowest BCUT2D eigenvalue weighted by Gasteiger charge is -2.20. The summed E-state index contributed by atoms with van der Waals surface area (Å²) in [6, 6.07) is 1.84. The SMILES string of the molecule is Cc1cc(-c2cnc(N(C)C)nc2CN(C)C(=O)CC[C@@H]2CCCO2)on1. The summed E-state index contributed by atoms with van der Waals surface area (Å²) in [5.74, 6) is 1.27. The Balaban J connectivity index is 1.74. The summed E-state index contributed by atoms with van der Waals surface area (Å²) < 4.78 is 11.0. The normalized spacial score (nSPS) is 16.5. The second kappa shape index (κ2) is 8.47. The molecular formula is C19H27N5O3. The highest BCUT2D eigenvalue weighted by Crippen LogP contribution is 2.25. The van der Waals surface area contributed by atoms with Crippen molar-refractivity contribution in [2.24, 2.45) is 0 Å². The molecule has 8 heteroatoms. The zero-order valence-corrected chi connectivity index (χ0v) is 16.4. The quantitative estimate of drug-likeness (QED) is 0.737. The highest BCUT2D eigenvalue weighted by atomic mass is 16.5. The summed E-state index contributed by atoms with van der Waals surface area (Å²) in [5.41, 5.74) is 2.27. The van der Waals surface area contributed by atoms with Gasteiger partial charge in [0.15, 0.2) is 5.76 Å². The summed E-state index contributed by atoms with van der Waals surface area (Å²) in [7, 11) is 5.56. The lowest BCUT2D eigenvalue weighted by Crippen LogP contribution is -2.28. The molecule has 1 fully saturated rings. The van der Waals surface area contributed by atoms with Crippen molar-refractivity contribution in [2.45, 2.75) is 45.3 Å². The van der Waals surface area contributed by atoms with Crippen LogP contribution in [0.15, 0.2) is 16.8 Å². The maximum Gasteiger partial charge on any atom is 0.225 e. The highest BCUT2D eigenvalue weighted by Gasteiger charge is 2.21. The van der Waals surface area contributed by atoms with E-state index in [4.69, 9.17) is 9.26 Å². The van der Waals surface area contributed by atoms with Gasteiger partial charge >= 0.3 is 0 Å². The predicted octanol–water partition coefficient (Wildman–Crippen LogP) is 2.42. The molecule has 8 nitrogen and oxygen atoms in total. The molecule has 0 radical (unpaired) electrons. The van der Waals surface area contributed by atoms with Crippen LogP contribution in [0.25, 0.3) is 11.3 Å². The fourth-order valence-corrected chi connectivity index (χ4v) is 3.10. The van der Waals surface area contributed by atoms with E-state index < -0.39 is 0 Å². The molecule has 0 N–H and O–H groups in total. The topological polar surface area (TPSA) is 84.6 Å². The molecule has 0 bridgehead atoms. The van der Waals surface area contributed by atoms with Gasteiger partial charge in [0.1, 0.15) is 0 Å². The van der Waals surface area contributed by atoms with Gasteiger partial charge < -0.3 is 19.1 Å². The van der Waals surface area contributed by atoms with E-state index in [1.54, 1.807) is 18.1 Å². The van der Waals surface area contributed by atoms with Crippen LogP contribution >= 0.6 is 0 Å². The van der Waals surface area contributed by atoms with Crippen LogP contribution in [0.1, 0.15) is 37.1 Å². The van der Waals surface area contributed by atoms with Crippen LogP contribution in [-0.4, -0.2) is 59.8 Å². The van der Waals surface area contributed by atoms with Crippen molar-refractivity contribution < 1.29 is 14.1 Å². The monoisotopic (exact) mass is 373 g/mol. The maximum atomic E-state index is 12.6. The lowest BCUT2D eigenvalue weighted by atomic mass is 10.1. The number of ether oxygens (including phenoxy) is 1. The number of carbonyl (C=O) groups is 1. The van der Waals surface area contributed by atoms with Crippen LogP contribution in [0.3, 0.4) is 0 Å². The van der Waals surface area contributed by atoms with Gasteiger partial charge in [0.2, 0.25) is 11.9 Å². The summed E-state index contributed by atoms with van der Waals surface area (Å²) >= 11 is 0. The third-order valence-electron chi connectivity index (χ3n) is 4.67. The van der Waals surface area contributed by atoms with Crippen molar-refractivity contribution in [3.8, 4) is 11.3 Å². The third-order valence-corrected chi connectivity index (χ3v) is 4.67. The predicted molar refractivity (Wildman–Crippen MR) is 101 cm³/mol. The van der Waals surface area contributed by atoms with Crippen LogP contribution in [0.2, 0.25) is 0 Å². The van der Waals surface area contributed by atoms with Crippen molar-refractivity contribution in [1.82, 2.24) is 20.0 Å². The second-order valence-corrected chi connectivity index (χ2v) is 7.18. The summed E-state index contributed by atoms with van der Waals surface area (Å²) in [6.45, 7) is 3.05. The van der Waals surface area contributed by atoms with E-state index in [2.05, 4.69) is 15.1 Å². The first-order valence-electron chi connectivity index (χ1n) is 9.26. The molecule has 1 atom stereocenters. The molecule has 1 saturated heterocycles. The third kappa shape index (κ3) is 4.82. The van der Waals surface area contributed by atoms with Gasteiger partial charge in [-0.3, -0.25) is 4.79 Å². The van der Waals surface area contributed by atoms with Gasteiger partial charge in [-0.1, -0.05) is 5.16 Å². The van der Waals surface area contributed by atoms with E-state index in [1.807, 2.05) is 32.0 Å². The number of amides is 1. The van der Waals surface area contributed by atoms with Crippen molar-refractivity contribution >= 4 is 11.9 Å². The molecule has 1 aliphatic heterocycles. The van der Waals surface area contributed by atoms with Gasteiger partial charge in [-0.25, -0.2) is 9.97 Å². The van der Waals surface area contributed by atoms with Gasteiger partial charge in [0, 0.05) is 46.4 Å². The molecule has 2 aromatic rings. The number of hydrogen-bond donors (Lipinski definition) is 0. The van der Waals surface area contributed by atoms with Gasteiger partial charge in [0.05, 0.1) is 29.6 Å². The number of aryl methyl sites for hydroxylation is 1. The number of carbonyl (C=O) groups excluding carboxylic acids is 1. The van der Waals surface area contributed by atoms with E-state index in [0.717, 1.165) is 42.8 Å². The molecule has 1 amide bonds. The molecule has 3 heterocycles. The summed E-state index contributed by atoms with van der Waals surface area (Å²) in [6.07, 6.45) is 5.32. The molecule has 0 spiro atoms. The minimum atomic E-state index is 0.0789. The molecule has 146 valence electrons. The van der Waals surface area contributed by atoms with Gasteiger partial charge in [-0.2, -0.15) is 0 Å². The van der Waals surface area contributed by atoms with Crippen molar-refractivity contribution in [2.75, 3.05) is 32.6 Å². The summed E-state index contributed by atoms with van der Waals surface area (Å²) in [4.78, 5) is 25.1. The van der Waals surface area contributed by atoms with E-state index >= 15 is 0 Å². The Morgan fingerprint density at radius 3 is 2.78 bits per heavy atom. The molecule has 0 saturated carbocycles. The summed E-state index contributed by atoms with van der Waals surface area (Å²) in [5, 5.41) is 3.94. The van der Waals surface area contributed by atoms with Crippen LogP contribution in [0, 0.1) is 6.92 Å². The largest absolute Gasteiger partial charge is 0.378 e. The first-order valence-corrected chi connectivity index (χ1v) is 9.26. The van der Waals surface area contributed by atoms with Gasteiger partial charge in [-0.05, 0) is 26.2 Å². The van der Waals surface area contributed by atoms with Crippen molar-refractivity contribution in [3.05, 3.63) is 23.7 Å². The number of nitrogens with zero attached hydrogens (tertiary/aromatic N) is 5. The minimum absolute atomic E-state index is 0.0789. The van der Waals surface area contributed by atoms with Crippen molar-refractivity contribution in [3.63, 3.8) is 0 Å². The van der Waals surface area contributed by atoms with E-state index in [1.165, 1.54) is 0 Å². The lowest BCUT2D eigenvalue weighted by molar-refractivity contribution is -0.131. The minimum Gasteiger partial charge on any atom is -0.378 e. The number of hydrogen-bond acceptors (Lipinski definition) is 7. The molecule has 3 rings (SSSR count). The zero-order valence-electron chi connectivity index (χ0n) is 16.4. The molecule has 0 aromatic carbocycles. The zero-order chi connectivity index (χ0) is 19.4. The average Bonchev–Trinajstić information content (AvgIpc) is 3.31. The van der Waals surface area contributed by atoms with E-state index in [0.29, 0.717) is 24.7 Å². The smallest absolute Gasteiger partial charge is 0.225 e. The first-order chi connectivity index (χ1) is 12.9. The Morgan fingerprint density at radius 2 is 2.15 bits per heavy atom. The Bertz CT molecular complexity index is 783. The van der Waals surface area contributed by atoms with Crippen LogP contribution in [0.5, 0.6) is 0 Å². The first kappa shape index (κ1) is 19.3. The van der Waals surface area contributed by atoms with Crippen molar-refractivity contribution in [1.29, 1.82) is 0 Å². The fraction of sp³-hybridized carbons (Fsp3) is 0.579. The molecule has 0 unspecified atom stereocenters. The second-order valence-electron chi connectivity index (χ2n) is 7.18. The number of aromatic nitrogens is 3. The van der Waals surface area contributed by atoms with Crippen LogP contribution in [-0.2, 0) is 16.1 Å². The fourth-order valence-electron chi connectivity index (χ4n) is 3.10. The Labute approximate surface area is 159 Å². The standard InChI is InChI=1S/C19H27N5O3/c1-13-10-17(27-22-13)15-11-20-19(23(2)3)21-16(15)12-24(4)18(25)8-7-14-6-5-9-26-14/h10-11,14H,5-9,12H2,1-4H3/t14-/m0/s1. The Morgan fingerprint density at radius 1 is 1.33 bits per heavy atom. The Kier molecular flexibility index (Phi) is 6.05.